The minimum atomic E-state index is -1.79. The maximum Gasteiger partial charge on any atom is 0.192 e. The second-order valence-corrected chi connectivity index (χ2v) is 14.0. The van der Waals surface area contributed by atoms with Crippen LogP contribution in [0.1, 0.15) is 34.6 Å². The van der Waals surface area contributed by atoms with Gasteiger partial charge in [-0.05, 0) is 49.2 Å². The van der Waals surface area contributed by atoms with E-state index in [-0.39, 0.29) is 29.6 Å². The topological polar surface area (TPSA) is 46.2 Å². The van der Waals surface area contributed by atoms with E-state index in [2.05, 4.69) is 46.5 Å². The van der Waals surface area contributed by atoms with E-state index in [9.17, 15) is 0 Å². The van der Waals surface area contributed by atoms with E-state index in [0.29, 0.717) is 13.2 Å². The molecule has 0 N–H and O–H groups in total. The van der Waals surface area contributed by atoms with E-state index < -0.39 is 14.1 Å². The minimum Gasteiger partial charge on any atom is -0.413 e. The van der Waals surface area contributed by atoms with Crippen LogP contribution >= 0.6 is 0 Å². The van der Waals surface area contributed by atoms with E-state index in [4.69, 9.17) is 23.4 Å². The molecule has 3 heterocycles. The van der Waals surface area contributed by atoms with Crippen LogP contribution in [0.15, 0.2) is 23.8 Å². The Kier molecular flexibility index (Phi) is 4.84. The first-order valence-corrected chi connectivity index (χ1v) is 12.0. The van der Waals surface area contributed by atoms with Gasteiger partial charge in [0.15, 0.2) is 20.4 Å². The molecule has 3 aliphatic heterocycles. The predicted molar refractivity (Wildman–Crippen MR) is 98.8 cm³/mol. The van der Waals surface area contributed by atoms with E-state index in [1.807, 2.05) is 13.8 Å². The molecule has 4 atom stereocenters. The van der Waals surface area contributed by atoms with Crippen LogP contribution in [-0.4, -0.2) is 51.9 Å². The van der Waals surface area contributed by atoms with Crippen LogP contribution in [0.3, 0.4) is 0 Å². The lowest BCUT2D eigenvalue weighted by Gasteiger charge is -2.37. The van der Waals surface area contributed by atoms with Crippen molar-refractivity contribution in [2.24, 2.45) is 0 Å². The Bertz CT molecular complexity index is 575. The highest BCUT2D eigenvalue weighted by Gasteiger charge is 2.55. The van der Waals surface area contributed by atoms with Crippen LogP contribution in [-0.2, 0) is 23.4 Å². The lowest BCUT2D eigenvalue weighted by molar-refractivity contribution is -0.213. The molecule has 0 aromatic rings. The van der Waals surface area contributed by atoms with Gasteiger partial charge < -0.3 is 23.4 Å². The molecule has 2 fully saturated rings. The zero-order valence-electron chi connectivity index (χ0n) is 16.5. The molecule has 0 saturated carbocycles. The molecule has 142 valence electrons. The number of fused-ring (bicyclic) bond motifs is 3. The summed E-state index contributed by atoms with van der Waals surface area (Å²) in [7, 11) is -1.79. The zero-order chi connectivity index (χ0) is 18.6. The van der Waals surface area contributed by atoms with Crippen LogP contribution in [0, 0.1) is 0 Å². The minimum absolute atomic E-state index is 0.121. The zero-order valence-corrected chi connectivity index (χ0v) is 17.5. The number of ether oxygens (including phenoxy) is 4. The van der Waals surface area contributed by atoms with E-state index in [0.717, 1.165) is 11.1 Å². The molecule has 0 bridgehead atoms. The second kappa shape index (κ2) is 6.29. The maximum absolute atomic E-state index is 6.27. The van der Waals surface area contributed by atoms with Gasteiger partial charge in [0, 0.05) is 0 Å². The second-order valence-electron chi connectivity index (χ2n) is 9.19. The first-order chi connectivity index (χ1) is 11.4. The Morgan fingerprint density at radius 3 is 2.60 bits per heavy atom. The highest BCUT2D eigenvalue weighted by molar-refractivity contribution is 6.74. The summed E-state index contributed by atoms with van der Waals surface area (Å²) in [6.07, 6.45) is 1.29. The van der Waals surface area contributed by atoms with Crippen molar-refractivity contribution in [2.75, 3.05) is 13.2 Å². The third-order valence-electron chi connectivity index (χ3n) is 5.69. The monoisotopic (exact) mass is 368 g/mol. The average molecular weight is 369 g/mol. The molecule has 0 aromatic heterocycles. The quantitative estimate of drug-likeness (QED) is 0.707. The molecule has 0 unspecified atom stereocenters. The highest BCUT2D eigenvalue weighted by atomic mass is 28.4. The van der Waals surface area contributed by atoms with Crippen molar-refractivity contribution in [2.45, 2.75) is 83.1 Å². The summed E-state index contributed by atoms with van der Waals surface area (Å²) in [6, 6.07) is 0. The van der Waals surface area contributed by atoms with Crippen LogP contribution in [0.5, 0.6) is 0 Å². The van der Waals surface area contributed by atoms with E-state index >= 15 is 0 Å². The van der Waals surface area contributed by atoms with Gasteiger partial charge in [-0.1, -0.05) is 27.4 Å². The summed E-state index contributed by atoms with van der Waals surface area (Å²) in [5, 5.41) is 0.184. The molecule has 0 radical (unpaired) electrons. The van der Waals surface area contributed by atoms with Crippen LogP contribution in [0.4, 0.5) is 0 Å². The van der Waals surface area contributed by atoms with Crippen molar-refractivity contribution in [3.8, 4) is 0 Å². The first kappa shape index (κ1) is 19.3. The lowest BCUT2D eigenvalue weighted by atomic mass is 10.0. The molecule has 0 amide bonds. The summed E-state index contributed by atoms with van der Waals surface area (Å²) < 4.78 is 30.0. The fraction of sp³-hybridized carbons (Fsp3) is 0.789. The van der Waals surface area contributed by atoms with Gasteiger partial charge in [-0.15, -0.1) is 0 Å². The first-order valence-electron chi connectivity index (χ1n) is 9.05. The third kappa shape index (κ3) is 3.79. The van der Waals surface area contributed by atoms with Gasteiger partial charge in [0.2, 0.25) is 0 Å². The third-order valence-corrected chi connectivity index (χ3v) is 10.2. The fourth-order valence-corrected chi connectivity index (χ4v) is 4.03. The number of hydrogen-bond acceptors (Lipinski definition) is 5. The van der Waals surface area contributed by atoms with Gasteiger partial charge in [-0.3, -0.25) is 0 Å². The predicted octanol–water partition coefficient (Wildman–Crippen LogP) is 3.77. The van der Waals surface area contributed by atoms with E-state index in [1.165, 1.54) is 0 Å². The maximum atomic E-state index is 6.27. The smallest absolute Gasteiger partial charge is 0.192 e. The fourth-order valence-electron chi connectivity index (χ4n) is 3.06. The van der Waals surface area contributed by atoms with Gasteiger partial charge in [0.25, 0.3) is 0 Å². The van der Waals surface area contributed by atoms with Crippen LogP contribution in [0.25, 0.3) is 0 Å². The molecule has 3 rings (SSSR count). The summed E-state index contributed by atoms with van der Waals surface area (Å²) in [4.78, 5) is 0. The highest BCUT2D eigenvalue weighted by Crippen LogP contribution is 2.41. The number of rotatable bonds is 4. The SMILES string of the molecule is C=C(CO[Si](C)(C)C(C)(C)C)C1=C[C@H]2O[C@@H]3OC(C)(C)O[C@@H]3[C@H]2OC1. The summed E-state index contributed by atoms with van der Waals surface area (Å²) in [5.41, 5.74) is 2.02. The summed E-state index contributed by atoms with van der Waals surface area (Å²) in [6.45, 7) is 20.3. The Hall–Kier alpha value is -0.503. The van der Waals surface area contributed by atoms with Crippen LogP contribution < -0.4 is 0 Å². The Morgan fingerprint density at radius 2 is 1.96 bits per heavy atom. The molecule has 0 aromatic carbocycles. The molecule has 3 aliphatic rings. The van der Waals surface area contributed by atoms with Gasteiger partial charge in [-0.25, -0.2) is 0 Å². The van der Waals surface area contributed by atoms with Crippen molar-refractivity contribution >= 4 is 8.32 Å². The largest absolute Gasteiger partial charge is 0.413 e. The molecule has 5 nitrogen and oxygen atoms in total. The summed E-state index contributed by atoms with van der Waals surface area (Å²) in [5.74, 6) is -0.617. The van der Waals surface area contributed by atoms with Crippen LogP contribution in [0.2, 0.25) is 18.1 Å². The summed E-state index contributed by atoms with van der Waals surface area (Å²) >= 11 is 0. The van der Waals surface area contributed by atoms with E-state index in [1.54, 1.807) is 0 Å². The molecule has 6 heteroatoms. The lowest BCUT2D eigenvalue weighted by Crippen LogP contribution is -2.42. The normalized spacial score (nSPS) is 34.4. The van der Waals surface area contributed by atoms with Gasteiger partial charge in [0.1, 0.15) is 18.3 Å². The van der Waals surface area contributed by atoms with Crippen molar-refractivity contribution < 1.29 is 23.4 Å². The van der Waals surface area contributed by atoms with Crippen molar-refractivity contribution in [1.82, 2.24) is 0 Å². The van der Waals surface area contributed by atoms with Gasteiger partial charge in [-0.2, -0.15) is 0 Å². The Labute approximate surface area is 152 Å². The number of hydrogen-bond donors (Lipinski definition) is 0. The average Bonchev–Trinajstić information content (AvgIpc) is 2.94. The van der Waals surface area contributed by atoms with Crippen molar-refractivity contribution in [3.63, 3.8) is 0 Å². The molecule has 0 spiro atoms. The van der Waals surface area contributed by atoms with Crippen molar-refractivity contribution in [1.29, 1.82) is 0 Å². The van der Waals surface area contributed by atoms with Gasteiger partial charge in [0.05, 0.1) is 13.2 Å². The molecular formula is C19H32O5Si. The Morgan fingerprint density at radius 1 is 1.28 bits per heavy atom. The molecule has 2 saturated heterocycles. The molecule has 25 heavy (non-hydrogen) atoms. The molecule has 0 aliphatic carbocycles. The van der Waals surface area contributed by atoms with Gasteiger partial charge >= 0.3 is 0 Å². The van der Waals surface area contributed by atoms with Crippen molar-refractivity contribution in [3.05, 3.63) is 23.8 Å². The Balaban J connectivity index is 1.61. The molecular weight excluding hydrogens is 336 g/mol. The standard InChI is InChI=1S/C19H32O5Si/c1-12(10-21-25(7,8)18(2,3)4)13-9-14-15(20-11-13)16-17(22-14)24-19(5,6)23-16/h9,14-17H,1,10-11H2,2-8H3/t14-,15+,16-,17-/m1/s1.